The fourth-order valence-corrected chi connectivity index (χ4v) is 4.09. The SMILES string of the molecule is CCCCCc1ccc(C#Cc2cc(F)c(C(F)(F)Oc3cc(F)c(C#Cc4cc(F)c(F)c(F)c4)c(F)c3)c(F)c2)cc1. The second-order valence-electron chi connectivity index (χ2n) is 9.60. The molecule has 0 bridgehead atoms. The van der Waals surface area contributed by atoms with Crippen LogP contribution in [0, 0.1) is 64.4 Å². The number of benzene rings is 4. The average Bonchev–Trinajstić information content (AvgIpc) is 2.94. The highest BCUT2D eigenvalue weighted by atomic mass is 19.3. The Morgan fingerprint density at radius 2 is 1.09 bits per heavy atom. The van der Waals surface area contributed by atoms with E-state index in [4.69, 9.17) is 0 Å². The smallest absolute Gasteiger partial charge is 0.429 e. The molecule has 4 rings (SSSR count). The number of alkyl halides is 2. The summed E-state index contributed by atoms with van der Waals surface area (Å²) in [7, 11) is 0. The number of aryl methyl sites for hydroxylation is 1. The molecule has 4 aromatic rings. The Balaban J connectivity index is 1.52. The van der Waals surface area contributed by atoms with Crippen molar-refractivity contribution in [2.75, 3.05) is 0 Å². The van der Waals surface area contributed by atoms with Crippen LogP contribution in [-0.4, -0.2) is 0 Å². The zero-order valence-corrected chi connectivity index (χ0v) is 22.9. The summed E-state index contributed by atoms with van der Waals surface area (Å²) in [5.74, 6) is -3.45. The number of ether oxygens (including phenoxy) is 1. The van der Waals surface area contributed by atoms with Crippen molar-refractivity contribution in [1.29, 1.82) is 0 Å². The lowest BCUT2D eigenvalue weighted by atomic mass is 10.0. The van der Waals surface area contributed by atoms with Gasteiger partial charge in [-0.05, 0) is 54.8 Å². The maximum Gasteiger partial charge on any atom is 0.432 e. The quantitative estimate of drug-likeness (QED) is 0.0871. The molecule has 0 unspecified atom stereocenters. The Morgan fingerprint density at radius 1 is 0.591 bits per heavy atom. The number of halogens is 9. The van der Waals surface area contributed by atoms with E-state index in [2.05, 4.69) is 23.5 Å². The van der Waals surface area contributed by atoms with E-state index in [0.717, 1.165) is 31.2 Å². The van der Waals surface area contributed by atoms with Gasteiger partial charge in [-0.1, -0.05) is 55.6 Å². The summed E-state index contributed by atoms with van der Waals surface area (Å²) in [6, 6.07) is 9.86. The molecule has 0 aliphatic rings. The molecule has 0 spiro atoms. The molecule has 226 valence electrons. The third-order valence-electron chi connectivity index (χ3n) is 6.28. The molecule has 0 N–H and O–H groups in total. The van der Waals surface area contributed by atoms with E-state index in [9.17, 15) is 39.5 Å². The summed E-state index contributed by atoms with van der Waals surface area (Å²) < 4.78 is 132. The van der Waals surface area contributed by atoms with Gasteiger partial charge in [0.2, 0.25) is 0 Å². The summed E-state index contributed by atoms with van der Waals surface area (Å²) in [5.41, 5.74) is -1.89. The molecule has 0 atom stereocenters. The standard InChI is InChI=1S/C34H21F9O/c1-2-3-4-5-20-6-8-21(9-7-20)10-11-22-14-28(37)32(29(38)15-22)34(42,43)44-24-18-26(35)25(27(36)19-24)13-12-23-16-30(39)33(41)31(40)17-23/h6-9,14-19H,2-5H2,1H3. The van der Waals surface area contributed by atoms with Gasteiger partial charge in [-0.25, -0.2) is 30.7 Å². The Morgan fingerprint density at radius 3 is 1.64 bits per heavy atom. The van der Waals surface area contributed by atoms with E-state index >= 15 is 0 Å². The largest absolute Gasteiger partial charge is 0.432 e. The van der Waals surface area contributed by atoms with E-state index in [1.165, 1.54) is 0 Å². The topological polar surface area (TPSA) is 9.23 Å². The summed E-state index contributed by atoms with van der Waals surface area (Å²) in [4.78, 5) is 0. The Hall–Kier alpha value is -4.83. The number of unbranched alkanes of at least 4 members (excludes halogenated alkanes) is 2. The van der Waals surface area contributed by atoms with Crippen molar-refractivity contribution in [1.82, 2.24) is 0 Å². The summed E-state index contributed by atoms with van der Waals surface area (Å²) in [6.45, 7) is 2.10. The highest BCUT2D eigenvalue weighted by Crippen LogP contribution is 2.36. The number of hydrogen-bond acceptors (Lipinski definition) is 1. The Labute approximate surface area is 247 Å². The van der Waals surface area contributed by atoms with Crippen LogP contribution < -0.4 is 4.74 Å². The van der Waals surface area contributed by atoms with Crippen LogP contribution in [0.15, 0.2) is 60.7 Å². The van der Waals surface area contributed by atoms with Crippen molar-refractivity contribution in [3.63, 3.8) is 0 Å². The average molecular weight is 617 g/mol. The van der Waals surface area contributed by atoms with Gasteiger partial charge >= 0.3 is 6.11 Å². The van der Waals surface area contributed by atoms with Gasteiger partial charge in [0.1, 0.15) is 34.6 Å². The lowest BCUT2D eigenvalue weighted by Crippen LogP contribution is -2.25. The number of hydrogen-bond donors (Lipinski definition) is 0. The van der Waals surface area contributed by atoms with E-state index in [1.807, 2.05) is 24.0 Å². The third-order valence-corrected chi connectivity index (χ3v) is 6.28. The lowest BCUT2D eigenvalue weighted by Gasteiger charge is -2.20. The van der Waals surface area contributed by atoms with Crippen LogP contribution in [0.25, 0.3) is 0 Å². The van der Waals surface area contributed by atoms with Crippen molar-refractivity contribution in [2.45, 2.75) is 38.7 Å². The fourth-order valence-electron chi connectivity index (χ4n) is 4.09. The zero-order valence-electron chi connectivity index (χ0n) is 22.9. The highest BCUT2D eigenvalue weighted by Gasteiger charge is 2.41. The second kappa shape index (κ2) is 13.6. The molecule has 0 saturated carbocycles. The molecule has 1 nitrogen and oxygen atoms in total. The minimum absolute atomic E-state index is 0.243. The van der Waals surface area contributed by atoms with Gasteiger partial charge in [-0.2, -0.15) is 8.78 Å². The monoisotopic (exact) mass is 616 g/mol. The molecule has 10 heteroatoms. The maximum atomic E-state index is 14.8. The first-order valence-electron chi connectivity index (χ1n) is 13.2. The third kappa shape index (κ3) is 7.76. The molecular formula is C34H21F9O. The fraction of sp³-hybridized carbons (Fsp3) is 0.176. The molecule has 0 amide bonds. The second-order valence-corrected chi connectivity index (χ2v) is 9.60. The predicted octanol–water partition coefficient (Wildman–Crippen LogP) is 9.32. The van der Waals surface area contributed by atoms with Gasteiger partial charge in [-0.15, -0.1) is 0 Å². The molecule has 0 saturated heterocycles. The summed E-state index contributed by atoms with van der Waals surface area (Å²) >= 11 is 0. The molecule has 0 aliphatic carbocycles. The molecule has 0 radical (unpaired) electrons. The lowest BCUT2D eigenvalue weighted by molar-refractivity contribution is -0.189. The molecule has 44 heavy (non-hydrogen) atoms. The Kier molecular flexibility index (Phi) is 9.95. The number of rotatable bonds is 7. The summed E-state index contributed by atoms with van der Waals surface area (Å²) in [6.07, 6.45) is -0.596. The minimum Gasteiger partial charge on any atom is -0.429 e. The summed E-state index contributed by atoms with van der Waals surface area (Å²) in [5, 5.41) is 0. The van der Waals surface area contributed by atoms with Gasteiger partial charge in [0.05, 0.1) is 5.56 Å². The van der Waals surface area contributed by atoms with E-state index in [0.29, 0.717) is 29.8 Å². The van der Waals surface area contributed by atoms with Crippen LogP contribution in [0.3, 0.4) is 0 Å². The minimum atomic E-state index is -4.72. The molecule has 0 heterocycles. The van der Waals surface area contributed by atoms with Gasteiger partial charge in [0.25, 0.3) is 0 Å². The van der Waals surface area contributed by atoms with Gasteiger partial charge in [0, 0.05) is 28.8 Å². The van der Waals surface area contributed by atoms with Crippen LogP contribution in [0.2, 0.25) is 0 Å². The van der Waals surface area contributed by atoms with Crippen molar-refractivity contribution in [3.05, 3.63) is 135 Å². The van der Waals surface area contributed by atoms with Gasteiger partial charge < -0.3 is 4.74 Å². The van der Waals surface area contributed by atoms with Gasteiger partial charge in [0.15, 0.2) is 17.5 Å². The highest BCUT2D eigenvalue weighted by molar-refractivity contribution is 5.47. The predicted molar refractivity (Wildman–Crippen MR) is 145 cm³/mol. The molecule has 4 aromatic carbocycles. The van der Waals surface area contributed by atoms with Crippen molar-refractivity contribution >= 4 is 0 Å². The molecule has 0 aliphatic heterocycles. The van der Waals surface area contributed by atoms with Crippen molar-refractivity contribution < 1.29 is 44.3 Å². The normalized spacial score (nSPS) is 11.0. The van der Waals surface area contributed by atoms with Crippen LogP contribution in [0.4, 0.5) is 39.5 Å². The van der Waals surface area contributed by atoms with Crippen LogP contribution in [0.1, 0.15) is 59.6 Å². The first-order chi connectivity index (χ1) is 20.9. The van der Waals surface area contributed by atoms with Gasteiger partial charge in [-0.3, -0.25) is 0 Å². The van der Waals surface area contributed by atoms with E-state index in [-0.39, 0.29) is 17.7 Å². The van der Waals surface area contributed by atoms with E-state index < -0.39 is 69.3 Å². The van der Waals surface area contributed by atoms with Crippen LogP contribution >= 0.6 is 0 Å². The first-order valence-corrected chi connectivity index (χ1v) is 13.2. The van der Waals surface area contributed by atoms with Crippen molar-refractivity contribution in [3.8, 4) is 29.4 Å². The van der Waals surface area contributed by atoms with Crippen LogP contribution in [0.5, 0.6) is 5.75 Å². The Bertz CT molecular complexity index is 1740. The molecule has 0 fully saturated rings. The maximum absolute atomic E-state index is 14.8. The zero-order chi connectivity index (χ0) is 32.0. The van der Waals surface area contributed by atoms with E-state index in [1.54, 1.807) is 12.1 Å². The molecular weight excluding hydrogens is 595 g/mol. The molecule has 0 aromatic heterocycles. The first kappa shape index (κ1) is 32.1. The van der Waals surface area contributed by atoms with Crippen LogP contribution in [-0.2, 0) is 12.5 Å². The van der Waals surface area contributed by atoms with Crippen molar-refractivity contribution in [2.24, 2.45) is 0 Å².